The Labute approximate surface area is 152 Å². The number of amides is 1. The number of ether oxygens (including phenoxy) is 1. The highest BCUT2D eigenvalue weighted by molar-refractivity contribution is 7.91. The predicted octanol–water partition coefficient (Wildman–Crippen LogP) is 1.93. The molecule has 138 valence electrons. The van der Waals surface area contributed by atoms with Gasteiger partial charge < -0.3 is 10.1 Å². The Morgan fingerprint density at radius 2 is 1.92 bits per heavy atom. The van der Waals surface area contributed by atoms with Crippen LogP contribution in [0.25, 0.3) is 0 Å². The van der Waals surface area contributed by atoms with Crippen molar-refractivity contribution in [1.82, 2.24) is 5.32 Å². The van der Waals surface area contributed by atoms with Gasteiger partial charge in [-0.1, -0.05) is 37.6 Å². The maximum absolute atomic E-state index is 12.4. The first-order chi connectivity index (χ1) is 11.7. The van der Waals surface area contributed by atoms with Gasteiger partial charge in [0.05, 0.1) is 17.4 Å². The number of sulfone groups is 1. The lowest BCUT2D eigenvalue weighted by molar-refractivity contribution is -0.151. The topological polar surface area (TPSA) is 89.5 Å². The van der Waals surface area contributed by atoms with E-state index >= 15 is 0 Å². The number of rotatable bonds is 6. The van der Waals surface area contributed by atoms with Crippen LogP contribution in [0.5, 0.6) is 0 Å². The third-order valence-electron chi connectivity index (χ3n) is 4.09. The lowest BCUT2D eigenvalue weighted by atomic mass is 9.88. The Balaban J connectivity index is 1.90. The number of hydrogen-bond donors (Lipinski definition) is 1. The molecule has 0 unspecified atom stereocenters. The number of esters is 1. The molecule has 1 heterocycles. The summed E-state index contributed by atoms with van der Waals surface area (Å²) < 4.78 is 27.9. The van der Waals surface area contributed by atoms with Gasteiger partial charge in [0.25, 0.3) is 5.91 Å². The molecule has 1 aromatic carbocycles. The highest BCUT2D eigenvalue weighted by atomic mass is 35.5. The largest absolute Gasteiger partial charge is 0.455 e. The van der Waals surface area contributed by atoms with Crippen molar-refractivity contribution in [2.75, 3.05) is 18.1 Å². The average Bonchev–Trinajstić information content (AvgIpc) is 2.86. The zero-order valence-electron chi connectivity index (χ0n) is 14.2. The van der Waals surface area contributed by atoms with Crippen molar-refractivity contribution in [3.8, 4) is 0 Å². The van der Waals surface area contributed by atoms with Crippen LogP contribution in [0.2, 0.25) is 5.02 Å². The molecule has 1 amide bonds. The molecule has 1 aliphatic rings. The second kappa shape index (κ2) is 8.19. The molecule has 0 spiro atoms. The smallest absolute Gasteiger partial charge is 0.314 e. The first-order valence-corrected chi connectivity index (χ1v) is 10.3. The molecule has 6 nitrogen and oxygen atoms in total. The van der Waals surface area contributed by atoms with Gasteiger partial charge in [-0.05, 0) is 30.0 Å². The fourth-order valence-electron chi connectivity index (χ4n) is 2.87. The fourth-order valence-corrected chi connectivity index (χ4v) is 4.67. The number of carbonyl (C=O) groups excluding carboxylic acids is 2. The van der Waals surface area contributed by atoms with E-state index in [1.807, 2.05) is 13.8 Å². The number of carbonyl (C=O) groups is 2. The van der Waals surface area contributed by atoms with Crippen LogP contribution < -0.4 is 5.32 Å². The van der Waals surface area contributed by atoms with E-state index in [1.165, 1.54) is 0 Å². The van der Waals surface area contributed by atoms with Gasteiger partial charge in [0.15, 0.2) is 16.4 Å². The number of hydrogen-bond acceptors (Lipinski definition) is 5. The minimum atomic E-state index is -3.07. The summed E-state index contributed by atoms with van der Waals surface area (Å²) in [5, 5.41) is 3.17. The van der Waals surface area contributed by atoms with Crippen molar-refractivity contribution >= 4 is 33.3 Å². The van der Waals surface area contributed by atoms with E-state index in [1.54, 1.807) is 24.3 Å². The zero-order valence-corrected chi connectivity index (χ0v) is 15.8. The molecule has 25 heavy (non-hydrogen) atoms. The average molecular weight is 388 g/mol. The molecule has 0 radical (unpaired) electrons. The van der Waals surface area contributed by atoms with E-state index in [9.17, 15) is 18.0 Å². The first-order valence-electron chi connectivity index (χ1n) is 8.10. The molecule has 2 rings (SSSR count). The first kappa shape index (κ1) is 19.7. The van der Waals surface area contributed by atoms with Gasteiger partial charge in [-0.3, -0.25) is 9.59 Å². The fraction of sp³-hybridized carbons (Fsp3) is 0.529. The predicted molar refractivity (Wildman–Crippen MR) is 95.2 cm³/mol. The van der Waals surface area contributed by atoms with E-state index < -0.39 is 40.3 Å². The summed E-state index contributed by atoms with van der Waals surface area (Å²) >= 11 is 5.87. The molecule has 1 N–H and O–H groups in total. The van der Waals surface area contributed by atoms with Crippen LogP contribution in [-0.2, 0) is 24.2 Å². The van der Waals surface area contributed by atoms with E-state index in [0.717, 1.165) is 5.56 Å². The van der Waals surface area contributed by atoms with Crippen LogP contribution in [0.4, 0.5) is 0 Å². The lowest BCUT2D eigenvalue weighted by Gasteiger charge is -2.20. The standard InChI is InChI=1S/C17H22ClNO5S/c1-11(2)16(12-3-5-13(18)6-4-12)17(21)24-9-15(20)19-14-7-8-25(22,23)10-14/h3-6,11,14,16H,7-10H2,1-2H3,(H,19,20)/t14-,16+/m1/s1. The van der Waals surface area contributed by atoms with Gasteiger partial charge >= 0.3 is 5.97 Å². The molecule has 8 heteroatoms. The summed E-state index contributed by atoms with van der Waals surface area (Å²) in [6.07, 6.45) is 0.390. The minimum Gasteiger partial charge on any atom is -0.455 e. The van der Waals surface area contributed by atoms with Crippen LogP contribution in [0, 0.1) is 5.92 Å². The zero-order chi connectivity index (χ0) is 18.6. The molecule has 0 bridgehead atoms. The number of nitrogens with one attached hydrogen (secondary N) is 1. The monoisotopic (exact) mass is 387 g/mol. The minimum absolute atomic E-state index is 0.0169. The third-order valence-corrected chi connectivity index (χ3v) is 6.11. The Hall–Kier alpha value is -1.60. The second-order valence-corrected chi connectivity index (χ2v) is 9.21. The molecule has 1 aromatic rings. The quantitative estimate of drug-likeness (QED) is 0.753. The van der Waals surface area contributed by atoms with Gasteiger partial charge in [-0.25, -0.2) is 8.42 Å². The summed E-state index contributed by atoms with van der Waals surface area (Å²) in [4.78, 5) is 24.3. The van der Waals surface area contributed by atoms with Crippen LogP contribution in [-0.4, -0.2) is 44.4 Å². The van der Waals surface area contributed by atoms with Crippen LogP contribution >= 0.6 is 11.6 Å². The van der Waals surface area contributed by atoms with E-state index in [-0.39, 0.29) is 17.4 Å². The van der Waals surface area contributed by atoms with Crippen molar-refractivity contribution in [2.45, 2.75) is 32.2 Å². The normalized spacial score (nSPS) is 20.2. The van der Waals surface area contributed by atoms with E-state index in [2.05, 4.69) is 5.32 Å². The maximum Gasteiger partial charge on any atom is 0.314 e. The number of benzene rings is 1. The Morgan fingerprint density at radius 3 is 2.44 bits per heavy atom. The van der Waals surface area contributed by atoms with Crippen LogP contribution in [0.1, 0.15) is 31.7 Å². The Morgan fingerprint density at radius 1 is 1.28 bits per heavy atom. The Bertz CT molecular complexity index is 730. The Kier molecular flexibility index (Phi) is 6.46. The van der Waals surface area contributed by atoms with Crippen molar-refractivity contribution < 1.29 is 22.7 Å². The summed E-state index contributed by atoms with van der Waals surface area (Å²) in [5.41, 5.74) is 0.770. The molecule has 0 aliphatic carbocycles. The molecule has 1 saturated heterocycles. The van der Waals surface area contributed by atoms with Crippen molar-refractivity contribution in [2.24, 2.45) is 5.92 Å². The number of halogens is 1. The van der Waals surface area contributed by atoms with Crippen LogP contribution in [0.3, 0.4) is 0 Å². The van der Waals surface area contributed by atoms with Crippen molar-refractivity contribution in [3.63, 3.8) is 0 Å². The van der Waals surface area contributed by atoms with Gasteiger partial charge in [-0.15, -0.1) is 0 Å². The molecule has 1 aliphatic heterocycles. The summed E-state index contributed by atoms with van der Waals surface area (Å²) in [6.45, 7) is 3.36. The van der Waals surface area contributed by atoms with Gasteiger partial charge in [0.2, 0.25) is 0 Å². The maximum atomic E-state index is 12.4. The van der Waals surface area contributed by atoms with Gasteiger partial charge in [0.1, 0.15) is 0 Å². The van der Waals surface area contributed by atoms with Crippen LogP contribution in [0.15, 0.2) is 24.3 Å². The van der Waals surface area contributed by atoms with E-state index in [0.29, 0.717) is 11.4 Å². The molecule has 1 fully saturated rings. The van der Waals surface area contributed by atoms with Crippen molar-refractivity contribution in [3.05, 3.63) is 34.9 Å². The highest BCUT2D eigenvalue weighted by Gasteiger charge is 2.30. The molecule has 0 aromatic heterocycles. The van der Waals surface area contributed by atoms with Crippen molar-refractivity contribution in [1.29, 1.82) is 0 Å². The van der Waals surface area contributed by atoms with Gasteiger partial charge in [-0.2, -0.15) is 0 Å². The third kappa shape index (κ3) is 5.71. The van der Waals surface area contributed by atoms with Gasteiger partial charge in [0, 0.05) is 11.1 Å². The highest BCUT2D eigenvalue weighted by Crippen LogP contribution is 2.27. The molecule has 2 atom stereocenters. The molecular weight excluding hydrogens is 366 g/mol. The summed E-state index contributed by atoms with van der Waals surface area (Å²) in [6, 6.07) is 6.52. The molecular formula is C17H22ClNO5S. The SMILES string of the molecule is CC(C)[C@H](C(=O)OCC(=O)N[C@@H]1CCS(=O)(=O)C1)c1ccc(Cl)cc1. The lowest BCUT2D eigenvalue weighted by Crippen LogP contribution is -2.38. The summed E-state index contributed by atoms with van der Waals surface area (Å²) in [5.74, 6) is -1.50. The second-order valence-electron chi connectivity index (χ2n) is 6.55. The summed E-state index contributed by atoms with van der Waals surface area (Å²) in [7, 11) is -3.07. The molecule has 0 saturated carbocycles. The van der Waals surface area contributed by atoms with E-state index in [4.69, 9.17) is 16.3 Å².